The number of alkyl halides is 3. The molecule has 0 aliphatic carbocycles. The van der Waals surface area contributed by atoms with Crippen LogP contribution in [0.5, 0.6) is 0 Å². The van der Waals surface area contributed by atoms with Crippen LogP contribution in [0.1, 0.15) is 24.6 Å². The summed E-state index contributed by atoms with van der Waals surface area (Å²) in [5.74, 6) is -0.430. The second-order valence-corrected chi connectivity index (χ2v) is 4.89. The second-order valence-electron chi connectivity index (χ2n) is 4.89. The predicted octanol–water partition coefficient (Wildman–Crippen LogP) is 3.49. The Kier molecular flexibility index (Phi) is 4.85. The summed E-state index contributed by atoms with van der Waals surface area (Å²) in [4.78, 5) is 11.8. The van der Waals surface area contributed by atoms with Gasteiger partial charge in [-0.2, -0.15) is 18.3 Å². The van der Waals surface area contributed by atoms with E-state index in [0.717, 1.165) is 29.8 Å². The summed E-state index contributed by atoms with van der Waals surface area (Å²) in [7, 11) is 0. The summed E-state index contributed by atoms with van der Waals surface area (Å²) < 4.78 is 38.2. The molecule has 0 saturated heterocycles. The van der Waals surface area contributed by atoms with Crippen molar-refractivity contribution in [2.75, 3.05) is 5.32 Å². The summed E-state index contributed by atoms with van der Waals surface area (Å²) in [5.41, 5.74) is 0.764. The minimum absolute atomic E-state index is 0.271. The van der Waals surface area contributed by atoms with Crippen molar-refractivity contribution in [3.63, 3.8) is 0 Å². The number of nitrogens with one attached hydrogen (secondary N) is 1. The Morgan fingerprint density at radius 3 is 2.45 bits per heavy atom. The minimum atomic E-state index is -4.50. The molecule has 1 heterocycles. The first-order chi connectivity index (χ1) is 10.4. The third-order valence-electron chi connectivity index (χ3n) is 3.01. The fourth-order valence-electron chi connectivity index (χ4n) is 1.99. The molecule has 118 valence electrons. The van der Waals surface area contributed by atoms with Gasteiger partial charge in [0.05, 0.1) is 0 Å². The number of halogens is 3. The quantitative estimate of drug-likeness (QED) is 0.919. The smallest absolute Gasteiger partial charge is 0.324 e. The van der Waals surface area contributed by atoms with Crippen LogP contribution in [0.3, 0.4) is 0 Å². The predicted molar refractivity (Wildman–Crippen MR) is 76.3 cm³/mol. The number of hydrogen-bond donors (Lipinski definition) is 1. The van der Waals surface area contributed by atoms with Crippen molar-refractivity contribution in [1.82, 2.24) is 9.78 Å². The van der Waals surface area contributed by atoms with Gasteiger partial charge >= 0.3 is 6.18 Å². The molecule has 0 unspecified atom stereocenters. The summed E-state index contributed by atoms with van der Waals surface area (Å²) in [6.45, 7) is 1.81. The Hall–Kier alpha value is -2.31. The Bertz CT molecular complexity index is 632. The molecule has 22 heavy (non-hydrogen) atoms. The standard InChI is InChI=1S/C15H16F3N3O/c1-2-3-11-4-6-12(7-5-11)19-14(22)10-21-9-8-13(20-21)15(16,17)18/h4-9H,2-3,10H2,1H3,(H,19,22). The van der Waals surface area contributed by atoms with E-state index in [-0.39, 0.29) is 6.54 Å². The molecule has 0 aliphatic rings. The molecule has 1 aromatic carbocycles. The lowest BCUT2D eigenvalue weighted by Crippen LogP contribution is -2.19. The van der Waals surface area contributed by atoms with E-state index in [1.54, 1.807) is 12.1 Å². The van der Waals surface area contributed by atoms with Crippen molar-refractivity contribution in [3.05, 3.63) is 47.8 Å². The molecule has 4 nitrogen and oxygen atoms in total. The fraction of sp³-hybridized carbons (Fsp3) is 0.333. The Labute approximate surface area is 125 Å². The van der Waals surface area contributed by atoms with Gasteiger partial charge in [-0.25, -0.2) is 0 Å². The van der Waals surface area contributed by atoms with Crippen LogP contribution in [0.25, 0.3) is 0 Å². The molecule has 1 amide bonds. The van der Waals surface area contributed by atoms with Crippen molar-refractivity contribution in [2.24, 2.45) is 0 Å². The Balaban J connectivity index is 1.94. The molecule has 0 radical (unpaired) electrons. The number of rotatable bonds is 5. The molecule has 0 spiro atoms. The first kappa shape index (κ1) is 16.1. The minimum Gasteiger partial charge on any atom is -0.324 e. The van der Waals surface area contributed by atoms with E-state index in [0.29, 0.717) is 5.69 Å². The lowest BCUT2D eigenvalue weighted by atomic mass is 10.1. The molecule has 1 aromatic heterocycles. The lowest BCUT2D eigenvalue weighted by Gasteiger charge is -2.07. The van der Waals surface area contributed by atoms with Gasteiger partial charge in [-0.3, -0.25) is 9.48 Å². The summed E-state index contributed by atoms with van der Waals surface area (Å²) in [6, 6.07) is 8.20. The summed E-state index contributed by atoms with van der Waals surface area (Å²) in [6.07, 6.45) is -1.38. The Morgan fingerprint density at radius 1 is 1.23 bits per heavy atom. The van der Waals surface area contributed by atoms with Gasteiger partial charge in [-0.1, -0.05) is 25.5 Å². The maximum atomic E-state index is 12.4. The van der Waals surface area contributed by atoms with Gasteiger partial charge in [-0.05, 0) is 30.2 Å². The van der Waals surface area contributed by atoms with Gasteiger partial charge in [0, 0.05) is 11.9 Å². The fourth-order valence-corrected chi connectivity index (χ4v) is 1.99. The number of amides is 1. The molecule has 2 aromatic rings. The van der Waals surface area contributed by atoms with Crippen molar-refractivity contribution in [3.8, 4) is 0 Å². The number of benzene rings is 1. The van der Waals surface area contributed by atoms with Gasteiger partial charge in [0.25, 0.3) is 0 Å². The van der Waals surface area contributed by atoms with Gasteiger partial charge in [-0.15, -0.1) is 0 Å². The molecule has 1 N–H and O–H groups in total. The molecule has 2 rings (SSSR count). The number of nitrogens with zero attached hydrogens (tertiary/aromatic N) is 2. The van der Waals surface area contributed by atoms with Crippen molar-refractivity contribution >= 4 is 11.6 Å². The van der Waals surface area contributed by atoms with E-state index in [2.05, 4.69) is 17.3 Å². The first-order valence-electron chi connectivity index (χ1n) is 6.88. The van der Waals surface area contributed by atoms with Crippen LogP contribution in [-0.2, 0) is 23.9 Å². The van der Waals surface area contributed by atoms with Crippen LogP contribution in [0.2, 0.25) is 0 Å². The maximum absolute atomic E-state index is 12.4. The zero-order chi connectivity index (χ0) is 16.2. The lowest BCUT2D eigenvalue weighted by molar-refractivity contribution is -0.141. The molecule has 0 bridgehead atoms. The zero-order valence-corrected chi connectivity index (χ0v) is 12.0. The van der Waals surface area contributed by atoms with Crippen molar-refractivity contribution in [2.45, 2.75) is 32.5 Å². The van der Waals surface area contributed by atoms with E-state index < -0.39 is 17.8 Å². The number of aryl methyl sites for hydroxylation is 1. The number of carbonyl (C=O) groups is 1. The number of hydrogen-bond acceptors (Lipinski definition) is 2. The molecular formula is C15H16F3N3O. The number of carbonyl (C=O) groups excluding carboxylic acids is 1. The van der Waals surface area contributed by atoms with Crippen molar-refractivity contribution < 1.29 is 18.0 Å². The van der Waals surface area contributed by atoms with E-state index >= 15 is 0 Å². The monoisotopic (exact) mass is 311 g/mol. The van der Waals surface area contributed by atoms with Gasteiger partial charge in [0.15, 0.2) is 5.69 Å². The SMILES string of the molecule is CCCc1ccc(NC(=O)Cn2ccc(C(F)(F)F)n2)cc1. The zero-order valence-electron chi connectivity index (χ0n) is 12.0. The average Bonchev–Trinajstić information content (AvgIpc) is 2.89. The highest BCUT2D eigenvalue weighted by atomic mass is 19.4. The van der Waals surface area contributed by atoms with E-state index in [1.807, 2.05) is 12.1 Å². The molecule has 0 aliphatic heterocycles. The van der Waals surface area contributed by atoms with Gasteiger partial charge < -0.3 is 5.32 Å². The Morgan fingerprint density at radius 2 is 1.91 bits per heavy atom. The molecule has 0 atom stereocenters. The summed E-state index contributed by atoms with van der Waals surface area (Å²) in [5, 5.41) is 5.96. The maximum Gasteiger partial charge on any atom is 0.435 e. The normalized spacial score (nSPS) is 11.5. The summed E-state index contributed by atoms with van der Waals surface area (Å²) >= 11 is 0. The highest BCUT2D eigenvalue weighted by molar-refractivity contribution is 5.90. The van der Waals surface area contributed by atoms with Crippen LogP contribution in [-0.4, -0.2) is 15.7 Å². The van der Waals surface area contributed by atoms with Crippen LogP contribution in [0.15, 0.2) is 36.5 Å². The first-order valence-corrected chi connectivity index (χ1v) is 6.88. The third kappa shape index (κ3) is 4.34. The van der Waals surface area contributed by atoms with Gasteiger partial charge in [0.1, 0.15) is 6.54 Å². The largest absolute Gasteiger partial charge is 0.435 e. The topological polar surface area (TPSA) is 46.9 Å². The second kappa shape index (κ2) is 6.64. The molecular weight excluding hydrogens is 295 g/mol. The van der Waals surface area contributed by atoms with Gasteiger partial charge in [0.2, 0.25) is 5.91 Å². The highest BCUT2D eigenvalue weighted by Crippen LogP contribution is 2.27. The van der Waals surface area contributed by atoms with E-state index in [9.17, 15) is 18.0 Å². The molecule has 0 saturated carbocycles. The van der Waals surface area contributed by atoms with E-state index in [1.165, 1.54) is 5.56 Å². The highest BCUT2D eigenvalue weighted by Gasteiger charge is 2.33. The number of anilines is 1. The molecule has 7 heteroatoms. The third-order valence-corrected chi connectivity index (χ3v) is 3.01. The van der Waals surface area contributed by atoms with Crippen LogP contribution >= 0.6 is 0 Å². The van der Waals surface area contributed by atoms with Crippen LogP contribution < -0.4 is 5.32 Å². The number of aromatic nitrogens is 2. The van der Waals surface area contributed by atoms with Crippen LogP contribution in [0, 0.1) is 0 Å². The molecule has 0 fully saturated rings. The van der Waals surface area contributed by atoms with Crippen molar-refractivity contribution in [1.29, 1.82) is 0 Å². The van der Waals surface area contributed by atoms with E-state index in [4.69, 9.17) is 0 Å². The van der Waals surface area contributed by atoms with Crippen LogP contribution in [0.4, 0.5) is 18.9 Å². The average molecular weight is 311 g/mol.